The van der Waals surface area contributed by atoms with Gasteiger partial charge in [0.2, 0.25) is 0 Å². The largest absolute Gasteiger partial charge is 0.206 e. The van der Waals surface area contributed by atoms with Crippen LogP contribution in [0.25, 0.3) is 6.08 Å². The van der Waals surface area contributed by atoms with Crippen molar-refractivity contribution in [3.05, 3.63) is 41.2 Å². The lowest BCUT2D eigenvalue weighted by molar-refractivity contribution is 0.624. The fourth-order valence-corrected chi connectivity index (χ4v) is 1.25. The van der Waals surface area contributed by atoms with Gasteiger partial charge in [0.25, 0.3) is 0 Å². The van der Waals surface area contributed by atoms with E-state index in [9.17, 15) is 4.39 Å². The van der Waals surface area contributed by atoms with E-state index in [-0.39, 0.29) is 5.82 Å². The molecule has 1 aliphatic carbocycles. The second-order valence-corrected chi connectivity index (χ2v) is 2.42. The number of halogens is 1. The lowest BCUT2D eigenvalue weighted by atomic mass is 10.1. The van der Waals surface area contributed by atoms with Gasteiger partial charge in [0.15, 0.2) is 0 Å². The van der Waals surface area contributed by atoms with Gasteiger partial charge in [-0.2, -0.15) is 0 Å². The van der Waals surface area contributed by atoms with Crippen molar-refractivity contribution >= 4 is 6.08 Å². The van der Waals surface area contributed by atoms with Crippen molar-refractivity contribution in [2.45, 2.75) is 6.42 Å². The first-order valence-electron chi connectivity index (χ1n) is 3.32. The monoisotopic (exact) mass is 134 g/mol. The fourth-order valence-electron chi connectivity index (χ4n) is 1.25. The molecule has 0 spiro atoms. The Morgan fingerprint density at radius 1 is 1.30 bits per heavy atom. The summed E-state index contributed by atoms with van der Waals surface area (Å²) in [6.45, 7) is 0. The highest BCUT2D eigenvalue weighted by Gasteiger charge is 2.07. The van der Waals surface area contributed by atoms with Gasteiger partial charge >= 0.3 is 0 Å². The average molecular weight is 134 g/mol. The molecule has 0 saturated heterocycles. The third-order valence-corrected chi connectivity index (χ3v) is 1.77. The molecule has 0 fully saturated rings. The van der Waals surface area contributed by atoms with E-state index >= 15 is 0 Å². The number of fused-ring (bicyclic) bond motifs is 1. The molecule has 0 heterocycles. The highest BCUT2D eigenvalue weighted by molar-refractivity contribution is 5.60. The highest BCUT2D eigenvalue weighted by Crippen LogP contribution is 2.21. The number of benzene rings is 1. The van der Waals surface area contributed by atoms with Gasteiger partial charge in [-0.3, -0.25) is 0 Å². The van der Waals surface area contributed by atoms with Crippen LogP contribution in [0.15, 0.2) is 24.3 Å². The fraction of sp³-hybridized carbons (Fsp3) is 0.111. The molecule has 0 bridgehead atoms. The van der Waals surface area contributed by atoms with Crippen molar-refractivity contribution in [1.29, 1.82) is 0 Å². The maximum atomic E-state index is 12.8. The number of hydrogen-bond donors (Lipinski definition) is 0. The Morgan fingerprint density at radius 2 is 2.20 bits per heavy atom. The molecule has 0 aliphatic heterocycles. The molecule has 0 amide bonds. The lowest BCUT2D eigenvalue weighted by Gasteiger charge is -1.96. The lowest BCUT2D eigenvalue weighted by Crippen LogP contribution is -1.84. The SMILES string of the molecule is Fc1cccc2c1C=CC2. The zero-order chi connectivity index (χ0) is 6.97. The molecule has 0 nitrogen and oxygen atoms in total. The second-order valence-electron chi connectivity index (χ2n) is 2.42. The first-order valence-corrected chi connectivity index (χ1v) is 3.32. The molecule has 1 aromatic rings. The van der Waals surface area contributed by atoms with E-state index in [1.165, 1.54) is 6.07 Å². The minimum Gasteiger partial charge on any atom is -0.206 e. The molecule has 1 aliphatic rings. The van der Waals surface area contributed by atoms with Crippen molar-refractivity contribution < 1.29 is 4.39 Å². The molecule has 2 rings (SSSR count). The van der Waals surface area contributed by atoms with Crippen molar-refractivity contribution in [1.82, 2.24) is 0 Å². The van der Waals surface area contributed by atoms with Gasteiger partial charge < -0.3 is 0 Å². The normalized spacial score (nSPS) is 13.7. The Kier molecular flexibility index (Phi) is 1.10. The van der Waals surface area contributed by atoms with E-state index in [2.05, 4.69) is 0 Å². The van der Waals surface area contributed by atoms with Crippen LogP contribution >= 0.6 is 0 Å². The minimum atomic E-state index is -0.105. The molecule has 1 heteroatoms. The molecule has 0 unspecified atom stereocenters. The van der Waals surface area contributed by atoms with Crippen molar-refractivity contribution in [3.8, 4) is 0 Å². The average Bonchev–Trinajstić information content (AvgIpc) is 2.36. The molecule has 0 atom stereocenters. The van der Waals surface area contributed by atoms with Gasteiger partial charge in [0.05, 0.1) is 0 Å². The summed E-state index contributed by atoms with van der Waals surface area (Å²) in [4.78, 5) is 0. The molecule has 0 N–H and O–H groups in total. The molecular formula is C9H7F. The summed E-state index contributed by atoms with van der Waals surface area (Å²) < 4.78 is 12.8. The quantitative estimate of drug-likeness (QED) is 0.511. The first-order chi connectivity index (χ1) is 4.88. The molecule has 0 radical (unpaired) electrons. The summed E-state index contributed by atoms with van der Waals surface area (Å²) >= 11 is 0. The molecule has 0 aromatic heterocycles. The Hall–Kier alpha value is -1.11. The second kappa shape index (κ2) is 1.94. The molecule has 10 heavy (non-hydrogen) atoms. The van der Waals surface area contributed by atoms with Crippen molar-refractivity contribution in [2.24, 2.45) is 0 Å². The van der Waals surface area contributed by atoms with E-state index in [0.29, 0.717) is 0 Å². The summed E-state index contributed by atoms with van der Waals surface area (Å²) in [7, 11) is 0. The summed E-state index contributed by atoms with van der Waals surface area (Å²) in [6, 6.07) is 5.20. The van der Waals surface area contributed by atoms with E-state index < -0.39 is 0 Å². The van der Waals surface area contributed by atoms with E-state index in [1.807, 2.05) is 18.2 Å². The Balaban J connectivity index is 2.67. The Bertz CT molecular complexity index is 287. The van der Waals surface area contributed by atoms with Crippen LogP contribution in [0, 0.1) is 5.82 Å². The maximum absolute atomic E-state index is 12.8. The van der Waals surface area contributed by atoms with Crippen LogP contribution in [-0.4, -0.2) is 0 Å². The van der Waals surface area contributed by atoms with Gasteiger partial charge in [-0.25, -0.2) is 4.39 Å². The topological polar surface area (TPSA) is 0 Å². The van der Waals surface area contributed by atoms with Crippen LogP contribution in [0.3, 0.4) is 0 Å². The van der Waals surface area contributed by atoms with E-state index in [1.54, 1.807) is 6.07 Å². The van der Waals surface area contributed by atoms with Crippen LogP contribution < -0.4 is 0 Å². The predicted octanol–water partition coefficient (Wildman–Crippen LogP) is 2.40. The van der Waals surface area contributed by atoms with Gasteiger partial charge in [-0.05, 0) is 18.1 Å². The summed E-state index contributed by atoms with van der Waals surface area (Å²) in [6.07, 6.45) is 4.70. The highest BCUT2D eigenvalue weighted by atomic mass is 19.1. The molecule has 1 aromatic carbocycles. The van der Waals surface area contributed by atoms with Crippen LogP contribution in [0.1, 0.15) is 11.1 Å². The van der Waals surface area contributed by atoms with Crippen LogP contribution in [-0.2, 0) is 6.42 Å². The molecule has 0 saturated carbocycles. The molecular weight excluding hydrogens is 127 g/mol. The number of rotatable bonds is 0. The van der Waals surface area contributed by atoms with E-state index in [0.717, 1.165) is 17.5 Å². The minimum absolute atomic E-state index is 0.105. The smallest absolute Gasteiger partial charge is 0.130 e. The first kappa shape index (κ1) is 5.66. The van der Waals surface area contributed by atoms with Crippen molar-refractivity contribution in [3.63, 3.8) is 0 Å². The summed E-state index contributed by atoms with van der Waals surface area (Å²) in [5, 5.41) is 0. The zero-order valence-electron chi connectivity index (χ0n) is 5.47. The van der Waals surface area contributed by atoms with Gasteiger partial charge in [-0.1, -0.05) is 24.3 Å². The van der Waals surface area contributed by atoms with Crippen LogP contribution in [0.2, 0.25) is 0 Å². The summed E-state index contributed by atoms with van der Waals surface area (Å²) in [5.74, 6) is -0.105. The standard InChI is InChI=1S/C9H7F/c10-9-6-2-4-7-3-1-5-8(7)9/h1-2,4-6H,3H2. The van der Waals surface area contributed by atoms with Crippen LogP contribution in [0.5, 0.6) is 0 Å². The maximum Gasteiger partial charge on any atom is 0.130 e. The van der Waals surface area contributed by atoms with Crippen LogP contribution in [0.4, 0.5) is 4.39 Å². The van der Waals surface area contributed by atoms with Crippen molar-refractivity contribution in [2.75, 3.05) is 0 Å². The summed E-state index contributed by atoms with van der Waals surface area (Å²) in [5.41, 5.74) is 1.86. The number of hydrogen-bond acceptors (Lipinski definition) is 0. The van der Waals surface area contributed by atoms with Gasteiger partial charge in [0.1, 0.15) is 5.82 Å². The third-order valence-electron chi connectivity index (χ3n) is 1.77. The zero-order valence-corrected chi connectivity index (χ0v) is 5.47. The Labute approximate surface area is 59.0 Å². The number of allylic oxidation sites excluding steroid dienone is 1. The van der Waals surface area contributed by atoms with Gasteiger partial charge in [0, 0.05) is 5.56 Å². The van der Waals surface area contributed by atoms with Gasteiger partial charge in [-0.15, -0.1) is 0 Å². The Morgan fingerprint density at radius 3 is 3.00 bits per heavy atom. The molecule has 50 valence electrons. The third kappa shape index (κ3) is 0.670. The van der Waals surface area contributed by atoms with E-state index in [4.69, 9.17) is 0 Å². The predicted molar refractivity (Wildman–Crippen MR) is 39.1 cm³/mol.